The van der Waals surface area contributed by atoms with E-state index in [0.29, 0.717) is 56.8 Å². The number of amides is 1. The summed E-state index contributed by atoms with van der Waals surface area (Å²) in [7, 11) is 3.10. The first-order valence-electron chi connectivity index (χ1n) is 11.9. The van der Waals surface area contributed by atoms with Gasteiger partial charge in [0.15, 0.2) is 0 Å². The number of allylic oxidation sites excluding steroid dienone is 1. The van der Waals surface area contributed by atoms with E-state index in [-0.39, 0.29) is 5.91 Å². The summed E-state index contributed by atoms with van der Waals surface area (Å²) in [6.07, 6.45) is 1.45. The number of hydrogen-bond acceptors (Lipinski definition) is 7. The summed E-state index contributed by atoms with van der Waals surface area (Å²) in [5.74, 6) is 1.98. The first-order chi connectivity index (χ1) is 18.9. The Labute approximate surface area is 235 Å². The summed E-state index contributed by atoms with van der Waals surface area (Å²) in [5, 5.41) is 11.5. The molecule has 1 atom stereocenters. The molecular weight excluding hydrogens is 541 g/mol. The molecule has 0 fully saturated rings. The third kappa shape index (κ3) is 5.50. The van der Waals surface area contributed by atoms with Gasteiger partial charge in [-0.15, -0.1) is 0 Å². The molecule has 1 aromatic heterocycles. The molecule has 2 heterocycles. The number of halogens is 2. The van der Waals surface area contributed by atoms with Gasteiger partial charge in [0.05, 0.1) is 35.5 Å². The normalized spacial score (nSPS) is 14.3. The number of nitrogens with one attached hydrogen (secondary N) is 2. The predicted octanol–water partition coefficient (Wildman–Crippen LogP) is 6.11. The smallest absolute Gasteiger partial charge is 0.255 e. The monoisotopic (exact) mass is 565 g/mol. The first-order valence-corrected chi connectivity index (χ1v) is 12.7. The lowest BCUT2D eigenvalue weighted by molar-refractivity contribution is -0.113. The number of benzene rings is 3. The van der Waals surface area contributed by atoms with Crippen LogP contribution in [0.3, 0.4) is 0 Å². The fourth-order valence-corrected chi connectivity index (χ4v) is 4.65. The van der Waals surface area contributed by atoms with Crippen LogP contribution in [0.15, 0.2) is 78.3 Å². The maximum atomic E-state index is 13.7. The van der Waals surface area contributed by atoms with Crippen molar-refractivity contribution in [3.05, 3.63) is 99.4 Å². The molecule has 2 N–H and O–H groups in total. The predicted molar refractivity (Wildman–Crippen MR) is 150 cm³/mol. The van der Waals surface area contributed by atoms with Gasteiger partial charge in [0.25, 0.3) is 5.91 Å². The van der Waals surface area contributed by atoms with E-state index < -0.39 is 6.04 Å². The molecule has 3 aromatic carbocycles. The summed E-state index contributed by atoms with van der Waals surface area (Å²) in [6, 6.07) is 17.5. The molecule has 5 rings (SSSR count). The molecule has 0 unspecified atom stereocenters. The van der Waals surface area contributed by atoms with Gasteiger partial charge in [0, 0.05) is 11.8 Å². The van der Waals surface area contributed by atoms with Gasteiger partial charge in [-0.25, -0.2) is 4.68 Å². The van der Waals surface area contributed by atoms with Crippen molar-refractivity contribution in [2.45, 2.75) is 19.6 Å². The number of methoxy groups -OCH3 is 2. The van der Waals surface area contributed by atoms with Crippen molar-refractivity contribution in [3.63, 3.8) is 0 Å². The van der Waals surface area contributed by atoms with E-state index in [1.54, 1.807) is 42.1 Å². The Morgan fingerprint density at radius 3 is 2.49 bits per heavy atom. The molecule has 0 saturated carbocycles. The Hall–Kier alpha value is -4.21. The minimum Gasteiger partial charge on any atom is -0.497 e. The Bertz CT molecular complexity index is 1550. The van der Waals surface area contributed by atoms with Crippen LogP contribution in [-0.4, -0.2) is 34.9 Å². The van der Waals surface area contributed by atoms with Crippen LogP contribution in [0.5, 0.6) is 17.2 Å². The fraction of sp³-hybridized carbons (Fsp3) is 0.179. The van der Waals surface area contributed by atoms with Crippen LogP contribution in [0.1, 0.15) is 24.1 Å². The third-order valence-corrected chi connectivity index (χ3v) is 7.02. The molecule has 0 radical (unpaired) electrons. The minimum absolute atomic E-state index is 0.311. The molecule has 0 spiro atoms. The Morgan fingerprint density at radius 1 is 1.00 bits per heavy atom. The highest BCUT2D eigenvalue weighted by molar-refractivity contribution is 6.42. The molecule has 11 heteroatoms. The molecule has 0 saturated heterocycles. The van der Waals surface area contributed by atoms with E-state index in [4.69, 9.17) is 37.4 Å². The molecule has 1 aliphatic heterocycles. The number of hydrogen-bond donors (Lipinski definition) is 2. The lowest BCUT2D eigenvalue weighted by Crippen LogP contribution is -2.31. The second-order valence-corrected chi connectivity index (χ2v) is 9.54. The van der Waals surface area contributed by atoms with Gasteiger partial charge in [0.2, 0.25) is 5.95 Å². The van der Waals surface area contributed by atoms with Crippen molar-refractivity contribution >= 4 is 40.7 Å². The Kier molecular flexibility index (Phi) is 7.63. The van der Waals surface area contributed by atoms with Gasteiger partial charge in [-0.2, -0.15) is 10.1 Å². The largest absolute Gasteiger partial charge is 0.497 e. The molecular formula is C28H25Cl2N5O4. The minimum atomic E-state index is -0.530. The summed E-state index contributed by atoms with van der Waals surface area (Å²) in [6.45, 7) is 2.16. The number of aromatic nitrogens is 3. The van der Waals surface area contributed by atoms with Crippen LogP contribution in [0, 0.1) is 0 Å². The SMILES string of the molecule is COc1ccc(NC(=O)C2=C(C)Nc3ncnn3[C@H]2c2ccc(OCc3ccc(Cl)c(Cl)c3)cc2)c(OC)c1. The van der Waals surface area contributed by atoms with E-state index in [9.17, 15) is 4.79 Å². The van der Waals surface area contributed by atoms with Crippen LogP contribution in [0.2, 0.25) is 10.0 Å². The molecule has 0 bridgehead atoms. The summed E-state index contributed by atoms with van der Waals surface area (Å²) in [5.41, 5.74) is 3.38. The number of nitrogens with zero attached hydrogens (tertiary/aromatic N) is 3. The van der Waals surface area contributed by atoms with Crippen LogP contribution in [0.25, 0.3) is 0 Å². The zero-order chi connectivity index (χ0) is 27.5. The Morgan fingerprint density at radius 2 is 1.77 bits per heavy atom. The quantitative estimate of drug-likeness (QED) is 0.266. The molecule has 1 aliphatic rings. The van der Waals surface area contributed by atoms with Gasteiger partial charge in [-0.3, -0.25) is 4.79 Å². The van der Waals surface area contributed by atoms with Crippen molar-refractivity contribution in [1.29, 1.82) is 0 Å². The lowest BCUT2D eigenvalue weighted by Gasteiger charge is -2.29. The number of ether oxygens (including phenoxy) is 3. The summed E-state index contributed by atoms with van der Waals surface area (Å²) in [4.78, 5) is 18.0. The highest BCUT2D eigenvalue weighted by atomic mass is 35.5. The van der Waals surface area contributed by atoms with Crippen LogP contribution in [-0.2, 0) is 11.4 Å². The zero-order valence-electron chi connectivity index (χ0n) is 21.4. The number of carbonyl (C=O) groups is 1. The number of carbonyl (C=O) groups excluding carboxylic acids is 1. The maximum Gasteiger partial charge on any atom is 0.255 e. The second kappa shape index (κ2) is 11.3. The first kappa shape index (κ1) is 26.4. The topological polar surface area (TPSA) is 99.5 Å². The van der Waals surface area contributed by atoms with Crippen LogP contribution < -0.4 is 24.8 Å². The Balaban J connectivity index is 1.41. The molecule has 0 aliphatic carbocycles. The highest BCUT2D eigenvalue weighted by Crippen LogP contribution is 2.37. The zero-order valence-corrected chi connectivity index (χ0v) is 22.9. The van der Waals surface area contributed by atoms with E-state index in [1.807, 2.05) is 37.3 Å². The summed E-state index contributed by atoms with van der Waals surface area (Å²) >= 11 is 12.1. The van der Waals surface area contributed by atoms with E-state index >= 15 is 0 Å². The lowest BCUT2D eigenvalue weighted by atomic mass is 9.95. The van der Waals surface area contributed by atoms with Gasteiger partial charge in [-0.1, -0.05) is 41.4 Å². The molecule has 200 valence electrons. The van der Waals surface area contributed by atoms with Crippen molar-refractivity contribution in [3.8, 4) is 17.2 Å². The third-order valence-electron chi connectivity index (χ3n) is 6.28. The molecule has 9 nitrogen and oxygen atoms in total. The van der Waals surface area contributed by atoms with Crippen LogP contribution in [0.4, 0.5) is 11.6 Å². The van der Waals surface area contributed by atoms with Crippen LogP contribution >= 0.6 is 23.2 Å². The number of anilines is 2. The van der Waals surface area contributed by atoms with Crippen molar-refractivity contribution in [2.75, 3.05) is 24.9 Å². The van der Waals surface area contributed by atoms with Gasteiger partial charge in [-0.05, 0) is 54.4 Å². The van der Waals surface area contributed by atoms with E-state index in [0.717, 1.165) is 11.1 Å². The molecule has 1 amide bonds. The summed E-state index contributed by atoms with van der Waals surface area (Å²) < 4.78 is 18.3. The van der Waals surface area contributed by atoms with Crippen molar-refractivity contribution < 1.29 is 19.0 Å². The van der Waals surface area contributed by atoms with Gasteiger partial charge in [0.1, 0.15) is 36.2 Å². The van der Waals surface area contributed by atoms with Gasteiger partial charge >= 0.3 is 0 Å². The highest BCUT2D eigenvalue weighted by Gasteiger charge is 2.33. The molecule has 39 heavy (non-hydrogen) atoms. The van der Waals surface area contributed by atoms with E-state index in [2.05, 4.69) is 20.7 Å². The average molecular weight is 566 g/mol. The molecule has 4 aromatic rings. The number of fused-ring (bicyclic) bond motifs is 1. The van der Waals surface area contributed by atoms with E-state index in [1.165, 1.54) is 13.4 Å². The van der Waals surface area contributed by atoms with Crippen molar-refractivity contribution in [1.82, 2.24) is 14.8 Å². The fourth-order valence-electron chi connectivity index (χ4n) is 4.33. The van der Waals surface area contributed by atoms with Gasteiger partial charge < -0.3 is 24.8 Å². The standard InChI is InChI=1S/C28H25Cl2N5O4/c1-16-25(27(36)34-23-11-9-20(37-2)13-24(23)38-3)26(35-28(33-16)31-15-32-35)18-5-7-19(8-6-18)39-14-17-4-10-21(29)22(30)12-17/h4-13,15,26H,14H2,1-3H3,(H,34,36)(H,31,32,33)/t26-/m0/s1. The number of rotatable bonds is 8. The van der Waals surface area contributed by atoms with Crippen molar-refractivity contribution in [2.24, 2.45) is 0 Å². The second-order valence-electron chi connectivity index (χ2n) is 8.72. The average Bonchev–Trinajstić information content (AvgIpc) is 3.41. The maximum absolute atomic E-state index is 13.7.